The molecule has 1 heterocycles. The van der Waals surface area contributed by atoms with Crippen LogP contribution in [0.3, 0.4) is 0 Å². The largest absolute Gasteiger partial charge is 0.392 e. The first-order chi connectivity index (χ1) is 8.63. The van der Waals surface area contributed by atoms with Gasteiger partial charge in [-0.25, -0.2) is 4.98 Å². The molecule has 18 heavy (non-hydrogen) atoms. The fourth-order valence-corrected chi connectivity index (χ4v) is 2.12. The lowest BCUT2D eigenvalue weighted by Gasteiger charge is -2.11. The molecule has 3 nitrogen and oxygen atoms in total. The lowest BCUT2D eigenvalue weighted by molar-refractivity contribution is 0.175. The van der Waals surface area contributed by atoms with Crippen molar-refractivity contribution in [3.63, 3.8) is 0 Å². The van der Waals surface area contributed by atoms with Crippen LogP contribution in [0.2, 0.25) is 0 Å². The first kappa shape index (κ1) is 13.1. The normalized spacial score (nSPS) is 12.3. The minimum Gasteiger partial charge on any atom is -0.392 e. The van der Waals surface area contributed by atoms with Crippen molar-refractivity contribution in [2.24, 2.45) is 0 Å². The lowest BCUT2D eigenvalue weighted by atomic mass is 10.0. The number of aliphatic hydroxyl groups excluding tert-OH is 1. The molecule has 0 aliphatic rings. The van der Waals surface area contributed by atoms with Crippen LogP contribution in [-0.4, -0.2) is 16.2 Å². The van der Waals surface area contributed by atoms with E-state index in [1.807, 2.05) is 30.3 Å². The van der Waals surface area contributed by atoms with Crippen molar-refractivity contribution in [2.75, 3.05) is 5.73 Å². The number of pyridine rings is 1. The highest BCUT2D eigenvalue weighted by molar-refractivity contribution is 9.10. The van der Waals surface area contributed by atoms with Crippen LogP contribution < -0.4 is 5.73 Å². The molecule has 0 saturated heterocycles. The Bertz CT molecular complexity index is 513. The smallest absolute Gasteiger partial charge is 0.123 e. The maximum atomic E-state index is 10.0. The first-order valence-electron chi connectivity index (χ1n) is 5.76. The fraction of sp³-hybridized carbons (Fsp3) is 0.214. The summed E-state index contributed by atoms with van der Waals surface area (Å²) >= 11 is 3.39. The number of halogens is 1. The van der Waals surface area contributed by atoms with Crippen molar-refractivity contribution in [3.05, 3.63) is 58.2 Å². The first-order valence-corrected chi connectivity index (χ1v) is 6.55. The number of anilines is 1. The molecule has 2 rings (SSSR count). The summed E-state index contributed by atoms with van der Waals surface area (Å²) in [6.45, 7) is 0. The molecule has 3 N–H and O–H groups in total. The van der Waals surface area contributed by atoms with Crippen molar-refractivity contribution in [3.8, 4) is 0 Å². The quantitative estimate of drug-likeness (QED) is 0.912. The minimum absolute atomic E-state index is 0.409. The molecule has 1 unspecified atom stereocenters. The summed E-state index contributed by atoms with van der Waals surface area (Å²) in [5, 5.41) is 10.0. The molecule has 0 saturated carbocycles. The molecule has 1 atom stereocenters. The summed E-state index contributed by atoms with van der Waals surface area (Å²) in [7, 11) is 0. The van der Waals surface area contributed by atoms with Crippen LogP contribution in [0.1, 0.15) is 11.1 Å². The molecule has 0 spiro atoms. The third-order valence-electron chi connectivity index (χ3n) is 2.70. The summed E-state index contributed by atoms with van der Waals surface area (Å²) in [4.78, 5) is 3.93. The van der Waals surface area contributed by atoms with Gasteiger partial charge in [-0.15, -0.1) is 0 Å². The summed E-state index contributed by atoms with van der Waals surface area (Å²) < 4.78 is 1.04. The van der Waals surface area contributed by atoms with Gasteiger partial charge in [0.15, 0.2) is 0 Å². The van der Waals surface area contributed by atoms with E-state index in [1.165, 1.54) is 0 Å². The van der Waals surface area contributed by atoms with Gasteiger partial charge >= 0.3 is 0 Å². The van der Waals surface area contributed by atoms with E-state index < -0.39 is 6.10 Å². The number of aromatic nitrogens is 1. The summed E-state index contributed by atoms with van der Waals surface area (Å²) in [6.07, 6.45) is 2.47. The molecule has 2 aromatic rings. The van der Waals surface area contributed by atoms with Crippen LogP contribution in [0.15, 0.2) is 47.1 Å². The summed E-state index contributed by atoms with van der Waals surface area (Å²) in [5.41, 5.74) is 7.73. The molecule has 0 aliphatic heterocycles. The minimum atomic E-state index is -0.409. The Morgan fingerprint density at radius 1 is 1.11 bits per heavy atom. The predicted molar refractivity (Wildman–Crippen MR) is 76.2 cm³/mol. The second kappa shape index (κ2) is 5.98. The van der Waals surface area contributed by atoms with E-state index in [9.17, 15) is 5.11 Å². The monoisotopic (exact) mass is 306 g/mol. The molecular weight excluding hydrogens is 292 g/mol. The van der Waals surface area contributed by atoms with E-state index in [4.69, 9.17) is 5.73 Å². The average Bonchev–Trinajstić information content (AvgIpc) is 2.32. The number of nitrogen functional groups attached to an aromatic ring is 1. The summed E-state index contributed by atoms with van der Waals surface area (Å²) in [6, 6.07) is 11.6. The van der Waals surface area contributed by atoms with Crippen molar-refractivity contribution in [1.82, 2.24) is 4.98 Å². The zero-order valence-electron chi connectivity index (χ0n) is 9.88. The second-order valence-electron chi connectivity index (χ2n) is 4.28. The van der Waals surface area contributed by atoms with Crippen molar-refractivity contribution in [1.29, 1.82) is 0 Å². The van der Waals surface area contributed by atoms with E-state index in [0.717, 1.165) is 15.6 Å². The lowest BCUT2D eigenvalue weighted by Crippen LogP contribution is -2.14. The molecule has 0 radical (unpaired) electrons. The van der Waals surface area contributed by atoms with Crippen molar-refractivity contribution >= 4 is 21.7 Å². The Kier molecular flexibility index (Phi) is 4.33. The number of nitrogens with two attached hydrogens (primary N) is 1. The Morgan fingerprint density at radius 3 is 2.44 bits per heavy atom. The Morgan fingerprint density at radius 2 is 1.78 bits per heavy atom. The molecule has 94 valence electrons. The van der Waals surface area contributed by atoms with E-state index in [-0.39, 0.29) is 0 Å². The van der Waals surface area contributed by atoms with Gasteiger partial charge in [-0.2, -0.15) is 0 Å². The Balaban J connectivity index is 1.96. The predicted octanol–water partition coefficient (Wildman–Crippen LogP) is 2.57. The average molecular weight is 307 g/mol. The van der Waals surface area contributed by atoms with Crippen LogP contribution in [0.25, 0.3) is 0 Å². The zero-order chi connectivity index (χ0) is 13.0. The number of nitrogens with zero attached hydrogens (tertiary/aromatic N) is 1. The molecule has 0 aliphatic carbocycles. The Hall–Kier alpha value is -1.39. The zero-order valence-corrected chi connectivity index (χ0v) is 11.5. The van der Waals surface area contributed by atoms with Crippen molar-refractivity contribution < 1.29 is 5.11 Å². The highest BCUT2D eigenvalue weighted by atomic mass is 79.9. The van der Waals surface area contributed by atoms with Crippen molar-refractivity contribution in [2.45, 2.75) is 18.9 Å². The molecule has 0 bridgehead atoms. The number of benzene rings is 1. The maximum absolute atomic E-state index is 10.0. The van der Waals surface area contributed by atoms with Gasteiger partial charge in [0.2, 0.25) is 0 Å². The van der Waals surface area contributed by atoms with Crippen LogP contribution >= 0.6 is 15.9 Å². The van der Waals surface area contributed by atoms with Gasteiger partial charge in [-0.3, -0.25) is 0 Å². The molecule has 4 heteroatoms. The molecular formula is C14H15BrN2O. The second-order valence-corrected chi connectivity index (χ2v) is 5.19. The highest BCUT2D eigenvalue weighted by Crippen LogP contribution is 2.14. The van der Waals surface area contributed by atoms with E-state index in [2.05, 4.69) is 20.9 Å². The van der Waals surface area contributed by atoms with Crippen LogP contribution in [0.4, 0.5) is 5.82 Å². The maximum Gasteiger partial charge on any atom is 0.123 e. The number of hydrogen-bond donors (Lipinski definition) is 2. The van der Waals surface area contributed by atoms with Gasteiger partial charge < -0.3 is 10.8 Å². The van der Waals surface area contributed by atoms with Gasteiger partial charge in [-0.1, -0.05) is 28.1 Å². The number of rotatable bonds is 4. The van der Waals surface area contributed by atoms with Gasteiger partial charge in [0, 0.05) is 10.7 Å². The van der Waals surface area contributed by atoms with Gasteiger partial charge in [0.1, 0.15) is 5.82 Å². The van der Waals surface area contributed by atoms with Crippen LogP contribution in [0.5, 0.6) is 0 Å². The van der Waals surface area contributed by atoms with Gasteiger partial charge in [0.25, 0.3) is 0 Å². The fourth-order valence-electron chi connectivity index (χ4n) is 1.86. The molecule has 0 amide bonds. The Labute approximate surface area is 115 Å². The molecule has 1 aromatic carbocycles. The third kappa shape index (κ3) is 3.82. The van der Waals surface area contributed by atoms with Gasteiger partial charge in [0.05, 0.1) is 6.10 Å². The number of aliphatic hydroxyl groups is 1. The van der Waals surface area contributed by atoms with E-state index >= 15 is 0 Å². The highest BCUT2D eigenvalue weighted by Gasteiger charge is 2.07. The third-order valence-corrected chi connectivity index (χ3v) is 3.23. The van der Waals surface area contributed by atoms with E-state index in [0.29, 0.717) is 18.7 Å². The van der Waals surface area contributed by atoms with E-state index in [1.54, 1.807) is 12.3 Å². The summed E-state index contributed by atoms with van der Waals surface area (Å²) in [5.74, 6) is 0.489. The van der Waals surface area contributed by atoms with Crippen LogP contribution in [-0.2, 0) is 12.8 Å². The van der Waals surface area contributed by atoms with Gasteiger partial charge in [-0.05, 0) is 48.2 Å². The standard InChI is InChI=1S/C14H15BrN2O/c15-12-3-1-10(2-4-12)7-13(18)8-11-5-6-17-14(16)9-11/h1-6,9,13,18H,7-8H2,(H2,16,17). The SMILES string of the molecule is Nc1cc(CC(O)Cc2ccc(Br)cc2)ccn1. The topological polar surface area (TPSA) is 59.1 Å². The molecule has 0 fully saturated rings. The number of hydrogen-bond acceptors (Lipinski definition) is 3. The molecule has 1 aromatic heterocycles. The van der Waals surface area contributed by atoms with Crippen LogP contribution in [0, 0.1) is 0 Å².